The maximum Gasteiger partial charge on any atom is 0.246 e. The van der Waals surface area contributed by atoms with E-state index in [4.69, 9.17) is 0 Å². The SMILES string of the molecule is CN(CC(=O)N1CCNCC1)S(=O)(=O)c1ccc(Br)cc1F.Cl. The normalized spacial score (nSPS) is 15.4. The molecule has 0 unspecified atom stereocenters. The summed E-state index contributed by atoms with van der Waals surface area (Å²) in [5.74, 6) is -1.14. The number of nitrogens with one attached hydrogen (secondary N) is 1. The van der Waals surface area contributed by atoms with E-state index in [0.29, 0.717) is 30.7 Å². The predicted octanol–water partition coefficient (Wildman–Crippen LogP) is 1.06. The third-order valence-electron chi connectivity index (χ3n) is 3.41. The molecule has 1 aromatic rings. The van der Waals surface area contributed by atoms with Crippen LogP contribution in [0.2, 0.25) is 0 Å². The van der Waals surface area contributed by atoms with Crippen LogP contribution < -0.4 is 5.32 Å². The summed E-state index contributed by atoms with van der Waals surface area (Å²) >= 11 is 3.08. The molecule has 10 heteroatoms. The van der Waals surface area contributed by atoms with Crippen LogP contribution in [0.1, 0.15) is 0 Å². The summed E-state index contributed by atoms with van der Waals surface area (Å²) in [5.41, 5.74) is 0. The number of piperazine rings is 1. The maximum atomic E-state index is 13.9. The van der Waals surface area contributed by atoms with Crippen molar-refractivity contribution < 1.29 is 17.6 Å². The lowest BCUT2D eigenvalue weighted by molar-refractivity contribution is -0.131. The van der Waals surface area contributed by atoms with Gasteiger partial charge in [0.2, 0.25) is 15.9 Å². The van der Waals surface area contributed by atoms with Gasteiger partial charge in [0.15, 0.2) is 0 Å². The van der Waals surface area contributed by atoms with Gasteiger partial charge in [-0.1, -0.05) is 15.9 Å². The van der Waals surface area contributed by atoms with Crippen molar-refractivity contribution in [2.75, 3.05) is 39.8 Å². The van der Waals surface area contributed by atoms with Crippen molar-refractivity contribution in [1.29, 1.82) is 0 Å². The Morgan fingerprint density at radius 3 is 2.57 bits per heavy atom. The summed E-state index contributed by atoms with van der Waals surface area (Å²) in [5, 5.41) is 3.11. The Labute approximate surface area is 149 Å². The summed E-state index contributed by atoms with van der Waals surface area (Å²) in [6.07, 6.45) is 0. The lowest BCUT2D eigenvalue weighted by Crippen LogP contribution is -2.49. The van der Waals surface area contributed by atoms with Gasteiger partial charge < -0.3 is 10.2 Å². The molecule has 2 rings (SSSR count). The molecule has 23 heavy (non-hydrogen) atoms. The third-order valence-corrected chi connectivity index (χ3v) is 5.74. The average molecular weight is 431 g/mol. The Hall–Kier alpha value is -0.740. The molecule has 1 aromatic carbocycles. The van der Waals surface area contributed by atoms with Gasteiger partial charge in [0.25, 0.3) is 0 Å². The second-order valence-electron chi connectivity index (χ2n) is 4.97. The number of carbonyl (C=O) groups excluding carboxylic acids is 1. The number of halogens is 3. The lowest BCUT2D eigenvalue weighted by Gasteiger charge is -2.29. The zero-order valence-electron chi connectivity index (χ0n) is 12.5. The van der Waals surface area contributed by atoms with Crippen LogP contribution in [0.4, 0.5) is 4.39 Å². The van der Waals surface area contributed by atoms with Crippen LogP contribution in [0.15, 0.2) is 27.6 Å². The average Bonchev–Trinajstić information content (AvgIpc) is 2.47. The van der Waals surface area contributed by atoms with Gasteiger partial charge in [0, 0.05) is 37.7 Å². The zero-order valence-corrected chi connectivity index (χ0v) is 15.7. The molecule has 1 aliphatic heterocycles. The quantitative estimate of drug-likeness (QED) is 0.776. The van der Waals surface area contributed by atoms with E-state index in [0.717, 1.165) is 10.4 Å². The molecule has 1 aliphatic rings. The molecule has 1 heterocycles. The summed E-state index contributed by atoms with van der Waals surface area (Å²) in [6.45, 7) is 2.14. The van der Waals surface area contributed by atoms with E-state index < -0.39 is 20.7 Å². The van der Waals surface area contributed by atoms with Gasteiger partial charge in [-0.25, -0.2) is 12.8 Å². The summed E-state index contributed by atoms with van der Waals surface area (Å²) in [4.78, 5) is 13.3. The number of amides is 1. The smallest absolute Gasteiger partial charge is 0.246 e. The fourth-order valence-corrected chi connectivity index (χ4v) is 3.64. The Bertz CT molecular complexity index is 668. The second kappa shape index (κ2) is 8.39. The fourth-order valence-electron chi connectivity index (χ4n) is 2.14. The predicted molar refractivity (Wildman–Crippen MR) is 90.6 cm³/mol. The van der Waals surface area contributed by atoms with Crippen molar-refractivity contribution in [3.8, 4) is 0 Å². The minimum absolute atomic E-state index is 0. The summed E-state index contributed by atoms with van der Waals surface area (Å²) in [7, 11) is -2.77. The van der Waals surface area contributed by atoms with Crippen molar-refractivity contribution in [1.82, 2.24) is 14.5 Å². The van der Waals surface area contributed by atoms with Crippen molar-refractivity contribution >= 4 is 44.3 Å². The molecular formula is C13H18BrClFN3O3S. The van der Waals surface area contributed by atoms with Crippen molar-refractivity contribution in [2.24, 2.45) is 0 Å². The molecule has 0 spiro atoms. The largest absolute Gasteiger partial charge is 0.339 e. The molecule has 0 aliphatic carbocycles. The van der Waals surface area contributed by atoms with Crippen LogP contribution in [0, 0.1) is 5.82 Å². The van der Waals surface area contributed by atoms with E-state index in [-0.39, 0.29) is 24.9 Å². The highest BCUT2D eigenvalue weighted by Crippen LogP contribution is 2.22. The molecule has 0 radical (unpaired) electrons. The summed E-state index contributed by atoms with van der Waals surface area (Å²) in [6, 6.07) is 3.71. The Morgan fingerprint density at radius 2 is 2.00 bits per heavy atom. The van der Waals surface area contributed by atoms with Gasteiger partial charge in [-0.3, -0.25) is 4.79 Å². The molecule has 1 fully saturated rings. The molecule has 1 N–H and O–H groups in total. The first-order chi connectivity index (χ1) is 10.3. The number of benzene rings is 1. The van der Waals surface area contributed by atoms with Crippen LogP contribution in [0.25, 0.3) is 0 Å². The molecule has 0 atom stereocenters. The second-order valence-corrected chi connectivity index (χ2v) is 7.90. The molecular weight excluding hydrogens is 413 g/mol. The molecule has 130 valence electrons. The minimum atomic E-state index is -4.05. The monoisotopic (exact) mass is 429 g/mol. The van der Waals surface area contributed by atoms with Gasteiger partial charge in [-0.05, 0) is 18.2 Å². The molecule has 1 amide bonds. The molecule has 0 saturated carbocycles. The lowest BCUT2D eigenvalue weighted by atomic mass is 10.3. The van der Waals surface area contributed by atoms with E-state index in [9.17, 15) is 17.6 Å². The first kappa shape index (κ1) is 20.3. The van der Waals surface area contributed by atoms with Gasteiger partial charge in [0.05, 0.1) is 6.54 Å². The zero-order chi connectivity index (χ0) is 16.3. The van der Waals surface area contributed by atoms with Gasteiger partial charge in [-0.15, -0.1) is 12.4 Å². The first-order valence-corrected chi connectivity index (χ1v) is 8.95. The summed E-state index contributed by atoms with van der Waals surface area (Å²) < 4.78 is 39.9. The van der Waals surface area contributed by atoms with Gasteiger partial charge >= 0.3 is 0 Å². The number of nitrogens with zero attached hydrogens (tertiary/aromatic N) is 2. The van der Waals surface area contributed by atoms with Crippen LogP contribution in [-0.2, 0) is 14.8 Å². The van der Waals surface area contributed by atoms with Crippen molar-refractivity contribution in [3.63, 3.8) is 0 Å². The number of hydrogen-bond acceptors (Lipinski definition) is 4. The molecule has 1 saturated heterocycles. The Morgan fingerprint density at radius 1 is 1.39 bits per heavy atom. The number of rotatable bonds is 4. The van der Waals surface area contributed by atoms with Gasteiger partial charge in [0.1, 0.15) is 10.7 Å². The highest BCUT2D eigenvalue weighted by Gasteiger charge is 2.28. The molecule has 0 aromatic heterocycles. The fraction of sp³-hybridized carbons (Fsp3) is 0.462. The highest BCUT2D eigenvalue weighted by molar-refractivity contribution is 9.10. The number of likely N-dealkylation sites (N-methyl/N-ethyl adjacent to an activating group) is 1. The van der Waals surface area contributed by atoms with Crippen molar-refractivity contribution in [2.45, 2.75) is 4.90 Å². The van der Waals surface area contributed by atoms with Crippen LogP contribution >= 0.6 is 28.3 Å². The van der Waals surface area contributed by atoms with E-state index in [1.807, 2.05) is 0 Å². The van der Waals surface area contributed by atoms with E-state index in [2.05, 4.69) is 21.2 Å². The van der Waals surface area contributed by atoms with Gasteiger partial charge in [-0.2, -0.15) is 4.31 Å². The Kier molecular flexibility index (Phi) is 7.40. The standard InChI is InChI=1S/C13H17BrFN3O3S.ClH/c1-17(9-13(19)18-6-4-16-5-7-18)22(20,21)12-3-2-10(14)8-11(12)15;/h2-3,8,16H,4-7,9H2,1H3;1H. The minimum Gasteiger partial charge on any atom is -0.339 e. The Balaban J connectivity index is 0.00000264. The van der Waals surface area contributed by atoms with E-state index in [1.165, 1.54) is 19.2 Å². The maximum absolute atomic E-state index is 13.9. The van der Waals surface area contributed by atoms with Crippen LogP contribution in [0.3, 0.4) is 0 Å². The molecule has 0 bridgehead atoms. The van der Waals surface area contributed by atoms with Crippen molar-refractivity contribution in [3.05, 3.63) is 28.5 Å². The topological polar surface area (TPSA) is 69.7 Å². The number of hydrogen-bond donors (Lipinski definition) is 1. The number of carbonyl (C=O) groups is 1. The highest BCUT2D eigenvalue weighted by atomic mass is 79.9. The van der Waals surface area contributed by atoms with Crippen LogP contribution in [-0.4, -0.2) is 63.3 Å². The number of sulfonamides is 1. The first-order valence-electron chi connectivity index (χ1n) is 6.72. The van der Waals surface area contributed by atoms with Crippen LogP contribution in [0.5, 0.6) is 0 Å². The van der Waals surface area contributed by atoms with E-state index >= 15 is 0 Å². The van der Waals surface area contributed by atoms with E-state index in [1.54, 1.807) is 4.90 Å². The third kappa shape index (κ3) is 4.87. The molecule has 6 nitrogen and oxygen atoms in total.